The lowest BCUT2D eigenvalue weighted by Crippen LogP contribution is -2.10. The van der Waals surface area contributed by atoms with Crippen molar-refractivity contribution in [2.45, 2.75) is 0 Å². The number of anilines is 3. The van der Waals surface area contributed by atoms with E-state index in [4.69, 9.17) is 0 Å². The fourth-order valence-corrected chi connectivity index (χ4v) is 7.85. The summed E-state index contributed by atoms with van der Waals surface area (Å²) in [5.74, 6) is 0. The topological polar surface area (TPSA) is 3.24 Å². The van der Waals surface area contributed by atoms with Crippen LogP contribution in [-0.4, -0.2) is 0 Å². The van der Waals surface area contributed by atoms with Crippen LogP contribution in [0.3, 0.4) is 0 Å². The molecule has 46 heavy (non-hydrogen) atoms. The summed E-state index contributed by atoms with van der Waals surface area (Å²) in [5, 5.41) is 7.62. The van der Waals surface area contributed by atoms with Gasteiger partial charge in [-0.3, -0.25) is 0 Å². The van der Waals surface area contributed by atoms with Crippen molar-refractivity contribution < 1.29 is 0 Å². The Kier molecular flexibility index (Phi) is 6.40. The van der Waals surface area contributed by atoms with E-state index in [-0.39, 0.29) is 0 Å². The lowest BCUT2D eigenvalue weighted by molar-refractivity contribution is 1.30. The van der Waals surface area contributed by atoms with E-state index in [1.54, 1.807) is 0 Å². The molecule has 0 saturated carbocycles. The number of para-hydroxylation sites is 1. The van der Waals surface area contributed by atoms with Crippen LogP contribution in [0.5, 0.6) is 0 Å². The third-order valence-corrected chi connectivity index (χ3v) is 10.2. The number of benzene rings is 8. The highest BCUT2D eigenvalue weighted by molar-refractivity contribution is 7.26. The lowest BCUT2D eigenvalue weighted by atomic mass is 9.96. The Labute approximate surface area is 272 Å². The molecule has 0 bridgehead atoms. The maximum absolute atomic E-state index is 2.39. The quantitative estimate of drug-likeness (QED) is 0.189. The largest absolute Gasteiger partial charge is 0.310 e. The van der Waals surface area contributed by atoms with Gasteiger partial charge >= 0.3 is 0 Å². The fraction of sp³-hybridized carbons (Fsp3) is 0. The summed E-state index contributed by atoms with van der Waals surface area (Å²) >= 11 is 1.86. The van der Waals surface area contributed by atoms with Crippen molar-refractivity contribution in [3.63, 3.8) is 0 Å². The van der Waals surface area contributed by atoms with Gasteiger partial charge in [-0.25, -0.2) is 0 Å². The molecule has 9 aromatic rings. The molecule has 1 nitrogen and oxygen atoms in total. The molecule has 0 atom stereocenters. The monoisotopic (exact) mass is 603 g/mol. The third kappa shape index (κ3) is 4.63. The van der Waals surface area contributed by atoms with Crippen LogP contribution in [0, 0.1) is 0 Å². The van der Waals surface area contributed by atoms with Crippen LogP contribution in [0.15, 0.2) is 176 Å². The Morgan fingerprint density at radius 2 is 0.891 bits per heavy atom. The van der Waals surface area contributed by atoms with Gasteiger partial charge in [0.05, 0.1) is 5.69 Å². The molecule has 0 amide bonds. The van der Waals surface area contributed by atoms with Crippen LogP contribution in [0.2, 0.25) is 0 Å². The molecule has 216 valence electrons. The van der Waals surface area contributed by atoms with Crippen molar-refractivity contribution in [3.8, 4) is 22.3 Å². The Morgan fingerprint density at radius 1 is 0.348 bits per heavy atom. The van der Waals surface area contributed by atoms with E-state index in [2.05, 4.69) is 181 Å². The normalized spacial score (nSPS) is 11.5. The second-order valence-corrected chi connectivity index (χ2v) is 12.9. The molecule has 0 radical (unpaired) electrons. The van der Waals surface area contributed by atoms with E-state index in [0.717, 1.165) is 11.4 Å². The summed E-state index contributed by atoms with van der Waals surface area (Å²) < 4.78 is 2.61. The molecule has 0 aliphatic carbocycles. The Morgan fingerprint density at radius 3 is 1.65 bits per heavy atom. The highest BCUT2D eigenvalue weighted by Crippen LogP contribution is 2.45. The molecule has 0 N–H and O–H groups in total. The number of hydrogen-bond donors (Lipinski definition) is 0. The summed E-state index contributed by atoms with van der Waals surface area (Å²) in [6.45, 7) is 0. The van der Waals surface area contributed by atoms with Gasteiger partial charge in [0.15, 0.2) is 0 Å². The maximum Gasteiger partial charge on any atom is 0.0554 e. The molecule has 0 fully saturated rings. The summed E-state index contributed by atoms with van der Waals surface area (Å²) in [7, 11) is 0. The zero-order valence-corrected chi connectivity index (χ0v) is 25.9. The van der Waals surface area contributed by atoms with Crippen LogP contribution in [0.25, 0.3) is 64.0 Å². The first-order valence-corrected chi connectivity index (χ1v) is 16.5. The molecule has 0 aliphatic rings. The number of nitrogens with zero attached hydrogens (tertiary/aromatic N) is 1. The molecule has 0 spiro atoms. The predicted octanol–water partition coefficient (Wildman–Crippen LogP) is 13.2. The first-order chi connectivity index (χ1) is 22.8. The van der Waals surface area contributed by atoms with E-state index >= 15 is 0 Å². The average Bonchev–Trinajstić information content (AvgIpc) is 3.51. The van der Waals surface area contributed by atoms with Crippen LogP contribution < -0.4 is 4.90 Å². The molecular formula is C44H29NS. The van der Waals surface area contributed by atoms with Gasteiger partial charge in [0.2, 0.25) is 0 Å². The minimum absolute atomic E-state index is 1.14. The molecule has 1 heterocycles. The van der Waals surface area contributed by atoms with E-state index in [9.17, 15) is 0 Å². The van der Waals surface area contributed by atoms with Crippen LogP contribution in [0.4, 0.5) is 17.1 Å². The van der Waals surface area contributed by atoms with Gasteiger partial charge in [0.25, 0.3) is 0 Å². The minimum Gasteiger partial charge on any atom is -0.310 e. The van der Waals surface area contributed by atoms with Gasteiger partial charge in [-0.15, -0.1) is 11.3 Å². The molecule has 8 aromatic carbocycles. The fourth-order valence-electron chi connectivity index (χ4n) is 6.72. The number of rotatable bonds is 5. The first-order valence-electron chi connectivity index (χ1n) is 15.7. The van der Waals surface area contributed by atoms with Crippen LogP contribution in [-0.2, 0) is 0 Å². The van der Waals surface area contributed by atoms with E-state index in [0.29, 0.717) is 0 Å². The second-order valence-electron chi connectivity index (χ2n) is 11.8. The molecule has 1 aromatic heterocycles. The zero-order chi connectivity index (χ0) is 30.5. The lowest BCUT2D eigenvalue weighted by Gasteiger charge is -2.26. The van der Waals surface area contributed by atoms with Crippen molar-refractivity contribution in [1.82, 2.24) is 0 Å². The zero-order valence-electron chi connectivity index (χ0n) is 25.1. The Hall–Kier alpha value is -5.70. The highest BCUT2D eigenvalue weighted by Gasteiger charge is 2.18. The smallest absolute Gasteiger partial charge is 0.0554 e. The van der Waals surface area contributed by atoms with Gasteiger partial charge in [0.1, 0.15) is 0 Å². The first kappa shape index (κ1) is 26.7. The predicted molar refractivity (Wildman–Crippen MR) is 200 cm³/mol. The molecule has 0 aliphatic heterocycles. The maximum atomic E-state index is 2.39. The highest BCUT2D eigenvalue weighted by atomic mass is 32.1. The molecule has 0 saturated heterocycles. The SMILES string of the molecule is c1ccc(N(c2ccc(-c3ccc4ccc(-c5ccc6ccccc6c5)cc4c3)cc2)c2cccc3sc4ccccc4c23)cc1. The van der Waals surface area contributed by atoms with Gasteiger partial charge in [-0.1, -0.05) is 115 Å². The summed E-state index contributed by atoms with van der Waals surface area (Å²) in [5.41, 5.74) is 8.37. The van der Waals surface area contributed by atoms with Crippen LogP contribution in [0.1, 0.15) is 0 Å². The standard InChI is InChI=1S/C44H29NS/c1-2-11-38(12-3-1)45(41-14-8-16-43-44(41)40-13-6-7-15-42(40)46-43)39-25-23-31(24-26-39)34-20-18-32-19-22-36(29-37(32)28-34)35-21-17-30-9-4-5-10-33(30)27-35/h1-29H. The van der Waals surface area contributed by atoms with E-state index < -0.39 is 0 Å². The second kappa shape index (κ2) is 11.0. The van der Waals surface area contributed by atoms with Crippen molar-refractivity contribution in [2.75, 3.05) is 4.90 Å². The van der Waals surface area contributed by atoms with Crippen molar-refractivity contribution >= 4 is 70.1 Å². The van der Waals surface area contributed by atoms with Crippen molar-refractivity contribution in [3.05, 3.63) is 176 Å². The summed E-state index contributed by atoms with van der Waals surface area (Å²) in [6.07, 6.45) is 0. The third-order valence-electron chi connectivity index (χ3n) is 9.02. The summed E-state index contributed by atoms with van der Waals surface area (Å²) in [6, 6.07) is 64.0. The Bertz CT molecular complexity index is 2530. The van der Waals surface area contributed by atoms with E-state index in [1.807, 2.05) is 11.3 Å². The number of fused-ring (bicyclic) bond motifs is 5. The minimum atomic E-state index is 1.14. The molecular weight excluding hydrogens is 575 g/mol. The van der Waals surface area contributed by atoms with Crippen molar-refractivity contribution in [1.29, 1.82) is 0 Å². The van der Waals surface area contributed by atoms with Gasteiger partial charge in [0, 0.05) is 31.5 Å². The number of hydrogen-bond acceptors (Lipinski definition) is 2. The number of thiophene rings is 1. The average molecular weight is 604 g/mol. The summed E-state index contributed by atoms with van der Waals surface area (Å²) in [4.78, 5) is 2.39. The van der Waals surface area contributed by atoms with E-state index in [1.165, 1.54) is 69.7 Å². The van der Waals surface area contributed by atoms with Gasteiger partial charge in [-0.05, 0) is 104 Å². The van der Waals surface area contributed by atoms with Crippen LogP contribution >= 0.6 is 11.3 Å². The molecule has 0 unspecified atom stereocenters. The molecule has 2 heteroatoms. The van der Waals surface area contributed by atoms with Crippen molar-refractivity contribution in [2.24, 2.45) is 0 Å². The molecule has 9 rings (SSSR count). The van der Waals surface area contributed by atoms with Gasteiger partial charge < -0.3 is 4.90 Å². The van der Waals surface area contributed by atoms with Gasteiger partial charge in [-0.2, -0.15) is 0 Å². The Balaban J connectivity index is 1.11.